The van der Waals surface area contributed by atoms with Crippen LogP contribution in [0.25, 0.3) is 0 Å². The van der Waals surface area contributed by atoms with E-state index in [4.69, 9.17) is 0 Å². The van der Waals surface area contributed by atoms with E-state index in [9.17, 15) is 17.3 Å². The zero-order valence-electron chi connectivity index (χ0n) is 34.3. The maximum atomic E-state index is 9.75. The molecule has 0 aromatic heterocycles. The van der Waals surface area contributed by atoms with Crippen molar-refractivity contribution >= 4 is 35.7 Å². The summed E-state index contributed by atoms with van der Waals surface area (Å²) in [7, 11) is -6.00. The minimum absolute atomic E-state index is 0.0766. The quantitative estimate of drug-likeness (QED) is 0.0902. The number of fused-ring (bicyclic) bond motifs is 2. The van der Waals surface area contributed by atoms with Crippen molar-refractivity contribution in [1.82, 2.24) is 4.58 Å². The van der Waals surface area contributed by atoms with Crippen molar-refractivity contribution in [3.05, 3.63) is 167 Å². The molecule has 2 heterocycles. The average Bonchev–Trinajstić information content (AvgIpc) is 3.76. The summed E-state index contributed by atoms with van der Waals surface area (Å²) in [6.45, 7) is 16.2. The highest BCUT2D eigenvalue weighted by Gasteiger charge is 2.41. The lowest BCUT2D eigenvalue weighted by Crippen LogP contribution is -2.27. The average molecular weight is 774 g/mol. The summed E-state index contributed by atoms with van der Waals surface area (Å²) in [5, 5.41) is 0. The predicted octanol–water partition coefficient (Wildman–Crippen LogP) is 13.9. The van der Waals surface area contributed by atoms with E-state index in [2.05, 4.69) is 189 Å². The zero-order chi connectivity index (χ0) is 40.8. The van der Waals surface area contributed by atoms with E-state index >= 15 is 0 Å². The molecule has 7 rings (SSSR count). The summed E-state index contributed by atoms with van der Waals surface area (Å²) >= 11 is 0. The Kier molecular flexibility index (Phi) is 12.8. The van der Waals surface area contributed by atoms with Crippen LogP contribution < -0.4 is 14.4 Å². The second-order valence-corrected chi connectivity index (χ2v) is 16.1. The molecule has 0 amide bonds. The fourth-order valence-electron chi connectivity index (χ4n) is 8.64. The SMILES string of the molecule is CCCCN1C(=CC=C2CC/C(=C\C=C3/N(CCCC)c4ccccc4C3(C)C)C2=[N+](c2ccccc2)c2ccccc2)C(C)(C)c2ccccc21.F[B-](F)(F)F. The number of unbranched alkanes of at least 4 members (excludes halogenated alkanes) is 2. The van der Waals surface area contributed by atoms with Gasteiger partial charge in [0.1, 0.15) is 0 Å². The predicted molar refractivity (Wildman–Crippen MR) is 235 cm³/mol. The van der Waals surface area contributed by atoms with Crippen LogP contribution in [0, 0.1) is 0 Å². The minimum atomic E-state index is -6.00. The van der Waals surface area contributed by atoms with E-state index in [1.807, 2.05) is 0 Å². The van der Waals surface area contributed by atoms with Crippen LogP contribution in [0.1, 0.15) is 91.2 Å². The first-order valence-electron chi connectivity index (χ1n) is 20.5. The van der Waals surface area contributed by atoms with Crippen molar-refractivity contribution in [1.29, 1.82) is 0 Å². The molecule has 0 spiro atoms. The van der Waals surface area contributed by atoms with E-state index in [0.717, 1.165) is 25.9 Å². The molecule has 8 heteroatoms. The van der Waals surface area contributed by atoms with Crippen molar-refractivity contribution in [3.8, 4) is 0 Å². The monoisotopic (exact) mass is 773 g/mol. The van der Waals surface area contributed by atoms with Crippen LogP contribution in [0.15, 0.2) is 156 Å². The molecule has 0 unspecified atom stereocenters. The standard InChI is InChI=1S/C49H56N3.BF4/c1-7-9-35-50-43-27-19-17-25-41(43)48(3,4)45(50)33-31-37-29-30-38(47(37)52(39-21-13-11-14-22-39)40-23-15-12-16-24-40)32-34-46-49(5,6)42-26-18-20-28-44(42)51(46)36-10-8-2;2-1(3,4)5/h11-28,31-34H,7-10,29-30,35-36H2,1-6H3;/q+1;-1. The second kappa shape index (κ2) is 17.6. The topological polar surface area (TPSA) is 9.49 Å². The van der Waals surface area contributed by atoms with Crippen LogP contribution in [0.2, 0.25) is 0 Å². The molecule has 4 aromatic carbocycles. The van der Waals surface area contributed by atoms with Crippen molar-refractivity contribution in [2.24, 2.45) is 0 Å². The van der Waals surface area contributed by atoms with Crippen LogP contribution in [-0.4, -0.2) is 26.1 Å². The molecule has 4 aromatic rings. The van der Waals surface area contributed by atoms with E-state index in [-0.39, 0.29) is 10.8 Å². The van der Waals surface area contributed by atoms with Gasteiger partial charge in [0, 0.05) is 82.1 Å². The molecule has 0 N–H and O–H groups in total. The van der Waals surface area contributed by atoms with Gasteiger partial charge in [0.05, 0.1) is 0 Å². The van der Waals surface area contributed by atoms with E-state index < -0.39 is 7.25 Å². The number of allylic oxidation sites excluding steroid dienone is 8. The number of hydrogen-bond acceptors (Lipinski definition) is 2. The highest BCUT2D eigenvalue weighted by atomic mass is 19.5. The largest absolute Gasteiger partial charge is 0.673 e. The minimum Gasteiger partial charge on any atom is -0.418 e. The third kappa shape index (κ3) is 9.06. The maximum absolute atomic E-state index is 9.75. The fourth-order valence-corrected chi connectivity index (χ4v) is 8.64. The molecule has 3 nitrogen and oxygen atoms in total. The molecule has 0 radical (unpaired) electrons. The highest BCUT2D eigenvalue weighted by molar-refractivity contribution is 6.50. The lowest BCUT2D eigenvalue weighted by atomic mass is 9.83. The Labute approximate surface area is 337 Å². The van der Waals surface area contributed by atoms with Gasteiger partial charge in [0.2, 0.25) is 17.1 Å². The number of nitrogens with zero attached hydrogens (tertiary/aromatic N) is 3. The van der Waals surface area contributed by atoms with Crippen molar-refractivity contribution in [2.75, 3.05) is 22.9 Å². The van der Waals surface area contributed by atoms with Gasteiger partial charge in [-0.2, -0.15) is 4.58 Å². The third-order valence-electron chi connectivity index (χ3n) is 11.5. The first-order valence-corrected chi connectivity index (χ1v) is 20.5. The van der Waals surface area contributed by atoms with Gasteiger partial charge in [0.15, 0.2) is 0 Å². The van der Waals surface area contributed by atoms with Gasteiger partial charge >= 0.3 is 7.25 Å². The Morgan fingerprint density at radius 3 is 1.26 bits per heavy atom. The summed E-state index contributed by atoms with van der Waals surface area (Å²) in [4.78, 5) is 5.17. The Balaban J connectivity index is 0.00000103. The highest BCUT2D eigenvalue weighted by Crippen LogP contribution is 2.49. The third-order valence-corrected chi connectivity index (χ3v) is 11.5. The number of para-hydroxylation sites is 4. The Morgan fingerprint density at radius 1 is 0.544 bits per heavy atom. The molecule has 1 aliphatic carbocycles. The number of rotatable bonds is 10. The normalized spacial score (nSPS) is 19.6. The number of benzene rings is 4. The molecular formula is C49H56BF4N3. The van der Waals surface area contributed by atoms with E-state index in [1.165, 1.54) is 87.8 Å². The van der Waals surface area contributed by atoms with Crippen LogP contribution in [0.3, 0.4) is 0 Å². The molecule has 3 aliphatic rings. The fraction of sp³-hybridized carbons (Fsp3) is 0.327. The first kappa shape index (κ1) is 41.5. The molecule has 0 saturated heterocycles. The van der Waals surface area contributed by atoms with Gasteiger partial charge in [-0.05, 0) is 61.1 Å². The van der Waals surface area contributed by atoms with Crippen LogP contribution in [0.5, 0.6) is 0 Å². The molecule has 2 aliphatic heterocycles. The second-order valence-electron chi connectivity index (χ2n) is 16.1. The molecule has 1 saturated carbocycles. The van der Waals surface area contributed by atoms with Gasteiger partial charge in [0.25, 0.3) is 0 Å². The molecule has 57 heavy (non-hydrogen) atoms. The summed E-state index contributed by atoms with van der Waals surface area (Å²) in [5.41, 5.74) is 14.6. The van der Waals surface area contributed by atoms with Gasteiger partial charge < -0.3 is 27.1 Å². The van der Waals surface area contributed by atoms with Crippen molar-refractivity contribution < 1.29 is 17.3 Å². The summed E-state index contributed by atoms with van der Waals surface area (Å²) in [5.74, 6) is 0. The smallest absolute Gasteiger partial charge is 0.418 e. The van der Waals surface area contributed by atoms with Crippen molar-refractivity contribution in [3.63, 3.8) is 0 Å². The van der Waals surface area contributed by atoms with E-state index in [1.54, 1.807) is 0 Å². The lowest BCUT2D eigenvalue weighted by Gasteiger charge is -2.27. The Morgan fingerprint density at radius 2 is 0.895 bits per heavy atom. The molecular weight excluding hydrogens is 717 g/mol. The Hall–Kier alpha value is -5.11. The zero-order valence-corrected chi connectivity index (χ0v) is 34.3. The maximum Gasteiger partial charge on any atom is 0.673 e. The van der Waals surface area contributed by atoms with Crippen molar-refractivity contribution in [2.45, 2.75) is 90.9 Å². The van der Waals surface area contributed by atoms with Gasteiger partial charge in [-0.25, -0.2) is 0 Å². The van der Waals surface area contributed by atoms with Crippen LogP contribution >= 0.6 is 0 Å². The molecule has 0 atom stereocenters. The summed E-state index contributed by atoms with van der Waals surface area (Å²) in [6, 6.07) is 39.9. The van der Waals surface area contributed by atoms with Crippen LogP contribution in [-0.2, 0) is 10.8 Å². The van der Waals surface area contributed by atoms with E-state index in [0.29, 0.717) is 0 Å². The number of hydrogen-bond donors (Lipinski definition) is 0. The molecule has 298 valence electrons. The lowest BCUT2D eigenvalue weighted by molar-refractivity contribution is 0.368. The van der Waals surface area contributed by atoms with Gasteiger partial charge in [-0.15, -0.1) is 0 Å². The summed E-state index contributed by atoms with van der Waals surface area (Å²) < 4.78 is 41.5. The summed E-state index contributed by atoms with van der Waals surface area (Å²) in [6.07, 6.45) is 16.5. The number of halogens is 4. The number of anilines is 2. The van der Waals surface area contributed by atoms with Gasteiger partial charge in [-0.1, -0.05) is 139 Å². The first-order chi connectivity index (χ1) is 27.3. The van der Waals surface area contributed by atoms with Crippen LogP contribution in [0.4, 0.5) is 40.0 Å². The molecule has 1 fully saturated rings. The molecule has 0 bridgehead atoms. The Bertz CT molecular complexity index is 2030. The van der Waals surface area contributed by atoms with Gasteiger partial charge in [-0.3, -0.25) is 0 Å².